The van der Waals surface area contributed by atoms with Crippen LogP contribution in [0.2, 0.25) is 0 Å². The number of thioether (sulfide) groups is 1. The SMILES string of the molecule is COc1ccc(CNC(=O)[C@@H](C)OC(=O)CSc2ccc(C)cc2C)cc1OC. The molecule has 2 aromatic rings. The van der Waals surface area contributed by atoms with Gasteiger partial charge in [-0.3, -0.25) is 9.59 Å². The summed E-state index contributed by atoms with van der Waals surface area (Å²) in [6.07, 6.45) is -0.873. The van der Waals surface area contributed by atoms with Crippen molar-refractivity contribution in [2.45, 2.75) is 38.3 Å². The topological polar surface area (TPSA) is 73.9 Å². The Morgan fingerprint density at radius 3 is 2.41 bits per heavy atom. The lowest BCUT2D eigenvalue weighted by Crippen LogP contribution is -2.35. The monoisotopic (exact) mass is 417 g/mol. The Hall–Kier alpha value is -2.67. The quantitative estimate of drug-likeness (QED) is 0.496. The van der Waals surface area contributed by atoms with Crippen LogP contribution in [0.15, 0.2) is 41.3 Å². The maximum Gasteiger partial charge on any atom is 0.317 e. The van der Waals surface area contributed by atoms with Crippen LogP contribution in [-0.4, -0.2) is 38.0 Å². The second-order valence-electron chi connectivity index (χ2n) is 6.60. The normalized spacial score (nSPS) is 11.5. The third-order valence-corrected chi connectivity index (χ3v) is 5.42. The predicted octanol–water partition coefficient (Wildman–Crippen LogP) is 3.66. The molecule has 7 heteroatoms. The van der Waals surface area contributed by atoms with E-state index in [1.807, 2.05) is 32.0 Å². The van der Waals surface area contributed by atoms with Gasteiger partial charge in [0.1, 0.15) is 0 Å². The van der Waals surface area contributed by atoms with Crippen LogP contribution in [0.1, 0.15) is 23.6 Å². The minimum absolute atomic E-state index is 0.150. The second kappa shape index (κ2) is 10.8. The summed E-state index contributed by atoms with van der Waals surface area (Å²) in [4.78, 5) is 25.4. The summed E-state index contributed by atoms with van der Waals surface area (Å²) < 4.78 is 15.7. The van der Waals surface area contributed by atoms with Gasteiger partial charge in [0.15, 0.2) is 17.6 Å². The number of benzene rings is 2. The third kappa shape index (κ3) is 6.71. The smallest absolute Gasteiger partial charge is 0.317 e. The number of ether oxygens (including phenoxy) is 3. The van der Waals surface area contributed by atoms with Gasteiger partial charge in [-0.25, -0.2) is 0 Å². The van der Waals surface area contributed by atoms with Crippen molar-refractivity contribution in [1.82, 2.24) is 5.32 Å². The molecule has 0 radical (unpaired) electrons. The van der Waals surface area contributed by atoms with Crippen molar-refractivity contribution >= 4 is 23.6 Å². The van der Waals surface area contributed by atoms with E-state index in [1.54, 1.807) is 33.3 Å². The van der Waals surface area contributed by atoms with Crippen LogP contribution >= 0.6 is 11.8 Å². The van der Waals surface area contributed by atoms with Gasteiger partial charge in [-0.15, -0.1) is 11.8 Å². The van der Waals surface area contributed by atoms with Gasteiger partial charge >= 0.3 is 5.97 Å². The molecule has 0 aliphatic heterocycles. The first-order valence-electron chi connectivity index (χ1n) is 9.22. The average Bonchev–Trinajstić information content (AvgIpc) is 2.70. The molecular formula is C22H27NO5S. The van der Waals surface area contributed by atoms with Crippen molar-refractivity contribution in [1.29, 1.82) is 0 Å². The lowest BCUT2D eigenvalue weighted by Gasteiger charge is -2.14. The van der Waals surface area contributed by atoms with Crippen LogP contribution in [0.5, 0.6) is 11.5 Å². The van der Waals surface area contributed by atoms with Crippen molar-refractivity contribution in [2.24, 2.45) is 0 Å². The number of nitrogens with one attached hydrogen (secondary N) is 1. The fraction of sp³-hybridized carbons (Fsp3) is 0.364. The van der Waals surface area contributed by atoms with E-state index in [0.29, 0.717) is 18.0 Å². The van der Waals surface area contributed by atoms with E-state index >= 15 is 0 Å². The molecule has 29 heavy (non-hydrogen) atoms. The summed E-state index contributed by atoms with van der Waals surface area (Å²) in [7, 11) is 3.12. The summed E-state index contributed by atoms with van der Waals surface area (Å²) in [5.41, 5.74) is 3.14. The second-order valence-corrected chi connectivity index (χ2v) is 7.61. The Morgan fingerprint density at radius 1 is 1.03 bits per heavy atom. The molecule has 0 spiro atoms. The Bertz CT molecular complexity index is 868. The maximum absolute atomic E-state index is 12.2. The summed E-state index contributed by atoms with van der Waals surface area (Å²) in [5.74, 6) is 0.568. The van der Waals surface area contributed by atoms with Crippen LogP contribution in [-0.2, 0) is 20.9 Å². The van der Waals surface area contributed by atoms with Gasteiger partial charge in [0.2, 0.25) is 0 Å². The van der Waals surface area contributed by atoms with Crippen molar-refractivity contribution in [3.63, 3.8) is 0 Å². The highest BCUT2D eigenvalue weighted by atomic mass is 32.2. The first-order chi connectivity index (χ1) is 13.8. The van der Waals surface area contributed by atoms with Crippen molar-refractivity contribution in [2.75, 3.05) is 20.0 Å². The molecule has 0 aromatic heterocycles. The highest BCUT2D eigenvalue weighted by Gasteiger charge is 2.18. The molecule has 156 valence electrons. The van der Waals surface area contributed by atoms with E-state index in [-0.39, 0.29) is 11.7 Å². The summed E-state index contributed by atoms with van der Waals surface area (Å²) in [6, 6.07) is 11.5. The highest BCUT2D eigenvalue weighted by molar-refractivity contribution is 8.00. The Balaban J connectivity index is 1.81. The van der Waals surface area contributed by atoms with Crippen LogP contribution in [0.25, 0.3) is 0 Å². The first kappa shape index (κ1) is 22.6. The number of amides is 1. The average molecular weight is 418 g/mol. The fourth-order valence-electron chi connectivity index (χ4n) is 2.71. The largest absolute Gasteiger partial charge is 0.493 e. The fourth-order valence-corrected chi connectivity index (χ4v) is 3.50. The predicted molar refractivity (Wildman–Crippen MR) is 114 cm³/mol. The van der Waals surface area contributed by atoms with Crippen LogP contribution in [0.3, 0.4) is 0 Å². The van der Waals surface area contributed by atoms with Crippen LogP contribution in [0, 0.1) is 13.8 Å². The molecule has 6 nitrogen and oxygen atoms in total. The van der Waals surface area contributed by atoms with E-state index in [0.717, 1.165) is 16.0 Å². The summed E-state index contributed by atoms with van der Waals surface area (Å²) >= 11 is 1.40. The molecule has 2 aromatic carbocycles. The van der Waals surface area contributed by atoms with E-state index < -0.39 is 12.1 Å². The lowest BCUT2D eigenvalue weighted by molar-refractivity contribution is -0.152. The number of aryl methyl sites for hydroxylation is 2. The summed E-state index contributed by atoms with van der Waals surface area (Å²) in [6.45, 7) is 5.88. The molecule has 0 saturated carbocycles. The van der Waals surface area contributed by atoms with Gasteiger partial charge in [0.05, 0.1) is 20.0 Å². The molecule has 1 amide bonds. The number of rotatable bonds is 9. The third-order valence-electron chi connectivity index (χ3n) is 4.27. The Labute approximate surface area is 175 Å². The maximum atomic E-state index is 12.2. The molecule has 0 aliphatic rings. The van der Waals surface area contributed by atoms with Crippen molar-refractivity contribution < 1.29 is 23.8 Å². The number of esters is 1. The zero-order valence-electron chi connectivity index (χ0n) is 17.4. The van der Waals surface area contributed by atoms with Gasteiger partial charge in [-0.2, -0.15) is 0 Å². The minimum atomic E-state index is -0.873. The number of hydrogen-bond acceptors (Lipinski definition) is 6. The summed E-state index contributed by atoms with van der Waals surface area (Å²) in [5, 5.41) is 2.76. The Morgan fingerprint density at radius 2 is 1.76 bits per heavy atom. The van der Waals surface area contributed by atoms with Gasteiger partial charge < -0.3 is 19.5 Å². The minimum Gasteiger partial charge on any atom is -0.493 e. The van der Waals surface area contributed by atoms with Crippen molar-refractivity contribution in [3.8, 4) is 11.5 Å². The van der Waals surface area contributed by atoms with Crippen molar-refractivity contribution in [3.05, 3.63) is 53.1 Å². The van der Waals surface area contributed by atoms with E-state index in [1.165, 1.54) is 17.3 Å². The molecule has 1 atom stereocenters. The first-order valence-corrected chi connectivity index (χ1v) is 10.2. The van der Waals surface area contributed by atoms with E-state index in [9.17, 15) is 9.59 Å². The lowest BCUT2D eigenvalue weighted by atomic mass is 10.2. The zero-order valence-corrected chi connectivity index (χ0v) is 18.2. The van der Waals surface area contributed by atoms with Gasteiger partial charge in [0.25, 0.3) is 5.91 Å². The number of methoxy groups -OCH3 is 2. The molecule has 0 unspecified atom stereocenters. The number of carbonyl (C=O) groups excluding carboxylic acids is 2. The number of hydrogen-bond donors (Lipinski definition) is 1. The van der Waals surface area contributed by atoms with Crippen LogP contribution in [0.4, 0.5) is 0 Å². The molecule has 0 heterocycles. The zero-order chi connectivity index (χ0) is 21.4. The standard InChI is InChI=1S/C22H27NO5S/c1-14-6-9-20(15(2)10-14)29-13-21(24)28-16(3)22(25)23-12-17-7-8-18(26-4)19(11-17)27-5/h6-11,16H,12-13H2,1-5H3,(H,23,25)/t16-/m1/s1. The van der Waals surface area contributed by atoms with E-state index in [2.05, 4.69) is 11.4 Å². The van der Waals surface area contributed by atoms with E-state index in [4.69, 9.17) is 14.2 Å². The molecular weight excluding hydrogens is 390 g/mol. The van der Waals surface area contributed by atoms with Gasteiger partial charge in [-0.05, 0) is 50.1 Å². The molecule has 0 bridgehead atoms. The Kier molecular flexibility index (Phi) is 8.39. The molecule has 0 aliphatic carbocycles. The highest BCUT2D eigenvalue weighted by Crippen LogP contribution is 2.27. The number of carbonyl (C=O) groups is 2. The van der Waals surface area contributed by atoms with Crippen LogP contribution < -0.4 is 14.8 Å². The van der Waals surface area contributed by atoms with Gasteiger partial charge in [0, 0.05) is 11.4 Å². The molecule has 2 rings (SSSR count). The molecule has 0 fully saturated rings. The van der Waals surface area contributed by atoms with Gasteiger partial charge in [-0.1, -0.05) is 23.8 Å². The molecule has 1 N–H and O–H groups in total. The molecule has 0 saturated heterocycles.